The number of pyridine rings is 1. The topological polar surface area (TPSA) is 104 Å². The van der Waals surface area contributed by atoms with E-state index in [-0.39, 0.29) is 18.4 Å². The zero-order valence-corrected chi connectivity index (χ0v) is 17.2. The van der Waals surface area contributed by atoms with Crippen LogP contribution >= 0.6 is 0 Å². The number of carboxylic acid groups (broad SMARTS) is 1. The minimum Gasteiger partial charge on any atom is -0.480 e. The van der Waals surface area contributed by atoms with Crippen LogP contribution in [0.5, 0.6) is 0 Å². The lowest BCUT2D eigenvalue weighted by Crippen LogP contribution is -2.49. The first-order valence-electron chi connectivity index (χ1n) is 10.5. The van der Waals surface area contributed by atoms with Crippen LogP contribution in [0.1, 0.15) is 36.9 Å². The summed E-state index contributed by atoms with van der Waals surface area (Å²) in [6, 6.07) is 3.61. The van der Waals surface area contributed by atoms with E-state index in [2.05, 4.69) is 27.8 Å². The van der Waals surface area contributed by atoms with Crippen LogP contribution < -0.4 is 10.6 Å². The van der Waals surface area contributed by atoms with Gasteiger partial charge < -0.3 is 20.5 Å². The summed E-state index contributed by atoms with van der Waals surface area (Å²) in [5, 5.41) is 15.7. The molecular formula is C21H32N4O4. The number of ether oxygens (including phenoxy) is 1. The van der Waals surface area contributed by atoms with Crippen LogP contribution in [0.2, 0.25) is 0 Å². The number of aromatic nitrogens is 1. The Bertz CT molecular complexity index is 704. The molecule has 1 saturated heterocycles. The molecule has 29 heavy (non-hydrogen) atoms. The summed E-state index contributed by atoms with van der Waals surface area (Å²) in [5.74, 6) is 0.163. The van der Waals surface area contributed by atoms with Gasteiger partial charge >= 0.3 is 5.97 Å². The number of piperidine rings is 1. The van der Waals surface area contributed by atoms with Crippen molar-refractivity contribution in [3.8, 4) is 0 Å². The van der Waals surface area contributed by atoms with Crippen molar-refractivity contribution >= 4 is 17.7 Å². The number of anilines is 1. The van der Waals surface area contributed by atoms with Crippen molar-refractivity contribution in [1.82, 2.24) is 15.2 Å². The third kappa shape index (κ3) is 5.90. The largest absolute Gasteiger partial charge is 0.480 e. The van der Waals surface area contributed by atoms with Crippen LogP contribution in [0.4, 0.5) is 5.82 Å². The third-order valence-corrected chi connectivity index (χ3v) is 5.81. The predicted molar refractivity (Wildman–Crippen MR) is 110 cm³/mol. The first-order valence-corrected chi connectivity index (χ1v) is 10.5. The highest BCUT2D eigenvalue weighted by Crippen LogP contribution is 2.21. The number of nitrogens with one attached hydrogen (secondary N) is 2. The number of carboxylic acids is 1. The molecule has 1 unspecified atom stereocenters. The fourth-order valence-corrected chi connectivity index (χ4v) is 4.10. The van der Waals surface area contributed by atoms with Crippen molar-refractivity contribution in [2.24, 2.45) is 5.92 Å². The summed E-state index contributed by atoms with van der Waals surface area (Å²) in [6.45, 7) is 2.98. The molecule has 2 aliphatic heterocycles. The highest BCUT2D eigenvalue weighted by molar-refractivity contribution is 5.79. The van der Waals surface area contributed by atoms with E-state index in [4.69, 9.17) is 4.74 Å². The Hall–Kier alpha value is -2.19. The second-order valence-electron chi connectivity index (χ2n) is 7.85. The Morgan fingerprint density at radius 2 is 2.17 bits per heavy atom. The molecule has 3 heterocycles. The smallest absolute Gasteiger partial charge is 0.323 e. The Morgan fingerprint density at radius 1 is 1.38 bits per heavy atom. The van der Waals surface area contributed by atoms with Crippen LogP contribution in [0.25, 0.3) is 0 Å². The van der Waals surface area contributed by atoms with Crippen LogP contribution in [-0.4, -0.2) is 72.8 Å². The molecule has 0 saturated carbocycles. The second kappa shape index (κ2) is 10.5. The van der Waals surface area contributed by atoms with Crippen LogP contribution in [0.3, 0.4) is 0 Å². The highest BCUT2D eigenvalue weighted by atomic mass is 16.5. The van der Waals surface area contributed by atoms with Gasteiger partial charge in [-0.3, -0.25) is 14.5 Å². The Labute approximate surface area is 172 Å². The van der Waals surface area contributed by atoms with E-state index >= 15 is 0 Å². The lowest BCUT2D eigenvalue weighted by Gasteiger charge is -2.34. The second-order valence-corrected chi connectivity index (χ2v) is 7.85. The summed E-state index contributed by atoms with van der Waals surface area (Å²) >= 11 is 0. The monoisotopic (exact) mass is 404 g/mol. The van der Waals surface area contributed by atoms with Crippen molar-refractivity contribution in [2.75, 3.05) is 45.2 Å². The molecule has 0 aliphatic carbocycles. The van der Waals surface area contributed by atoms with E-state index in [1.54, 1.807) is 0 Å². The van der Waals surface area contributed by atoms with Gasteiger partial charge in [-0.15, -0.1) is 0 Å². The summed E-state index contributed by atoms with van der Waals surface area (Å²) in [5.41, 5.74) is 2.34. The number of hydrogen-bond donors (Lipinski definition) is 3. The van der Waals surface area contributed by atoms with Crippen molar-refractivity contribution < 1.29 is 19.4 Å². The molecule has 1 aromatic heterocycles. The Kier molecular flexibility index (Phi) is 7.83. The van der Waals surface area contributed by atoms with Gasteiger partial charge in [0.05, 0.1) is 6.61 Å². The van der Waals surface area contributed by atoms with Gasteiger partial charge in [-0.05, 0) is 63.2 Å². The van der Waals surface area contributed by atoms with Crippen LogP contribution in [0.15, 0.2) is 12.1 Å². The molecule has 1 atom stereocenters. The van der Waals surface area contributed by atoms with Crippen LogP contribution in [0, 0.1) is 5.92 Å². The molecular weight excluding hydrogens is 372 g/mol. The third-order valence-electron chi connectivity index (χ3n) is 5.81. The normalized spacial score (nSPS) is 18.5. The molecule has 8 heteroatoms. The van der Waals surface area contributed by atoms with Gasteiger partial charge in [-0.25, -0.2) is 4.98 Å². The van der Waals surface area contributed by atoms with E-state index in [0.717, 1.165) is 43.7 Å². The highest BCUT2D eigenvalue weighted by Gasteiger charge is 2.31. The number of fused-ring (bicyclic) bond motifs is 1. The summed E-state index contributed by atoms with van der Waals surface area (Å²) < 4.78 is 5.01. The number of carbonyl (C=O) groups is 2. The fraction of sp³-hybridized carbons (Fsp3) is 0.667. The van der Waals surface area contributed by atoms with Crippen molar-refractivity contribution in [3.05, 3.63) is 23.4 Å². The summed E-state index contributed by atoms with van der Waals surface area (Å²) in [6.07, 6.45) is 5.29. The van der Waals surface area contributed by atoms with Gasteiger partial charge in [-0.2, -0.15) is 0 Å². The number of nitrogens with zero attached hydrogens (tertiary/aromatic N) is 2. The standard InChI is InChI=1S/C21H32N4O4/c1-29-14-18(21(27)28)25-12-8-16(9-13-25)20(26)23-11-3-5-17-7-6-15-4-2-10-22-19(15)24-17/h6-7,16,18H,2-5,8-14H2,1H3,(H,22,24)(H,23,26)(H,27,28). The van der Waals surface area contributed by atoms with Gasteiger partial charge in [0.2, 0.25) is 5.91 Å². The van der Waals surface area contributed by atoms with Crippen molar-refractivity contribution in [2.45, 2.75) is 44.6 Å². The lowest BCUT2D eigenvalue weighted by atomic mass is 9.95. The summed E-state index contributed by atoms with van der Waals surface area (Å²) in [7, 11) is 1.51. The van der Waals surface area contributed by atoms with E-state index in [1.165, 1.54) is 12.7 Å². The SMILES string of the molecule is COCC(C(=O)O)N1CCC(C(=O)NCCCc2ccc3c(n2)NCCC3)CC1. The van der Waals surface area contributed by atoms with E-state index in [1.807, 2.05) is 4.90 Å². The van der Waals surface area contributed by atoms with Gasteiger partial charge in [0.1, 0.15) is 11.9 Å². The Balaban J connectivity index is 1.37. The maximum atomic E-state index is 12.4. The predicted octanol–water partition coefficient (Wildman–Crippen LogP) is 1.30. The van der Waals surface area contributed by atoms with E-state index in [9.17, 15) is 14.7 Å². The number of methoxy groups -OCH3 is 1. The van der Waals surface area contributed by atoms with E-state index < -0.39 is 12.0 Å². The number of aryl methyl sites for hydroxylation is 2. The molecule has 8 nitrogen and oxygen atoms in total. The minimum absolute atomic E-state index is 0.0469. The zero-order valence-electron chi connectivity index (χ0n) is 17.2. The number of likely N-dealkylation sites (tertiary alicyclic amines) is 1. The van der Waals surface area contributed by atoms with Crippen LogP contribution in [-0.2, 0) is 27.2 Å². The quantitative estimate of drug-likeness (QED) is 0.533. The Morgan fingerprint density at radius 3 is 2.90 bits per heavy atom. The summed E-state index contributed by atoms with van der Waals surface area (Å²) in [4.78, 5) is 30.4. The molecule has 3 N–H and O–H groups in total. The van der Waals surface area contributed by atoms with Crippen molar-refractivity contribution in [1.29, 1.82) is 0 Å². The molecule has 0 radical (unpaired) electrons. The van der Waals surface area contributed by atoms with Gasteiger partial charge in [0.15, 0.2) is 0 Å². The van der Waals surface area contributed by atoms with Gasteiger partial charge in [0.25, 0.3) is 0 Å². The lowest BCUT2D eigenvalue weighted by molar-refractivity contribution is -0.146. The average Bonchev–Trinajstić information content (AvgIpc) is 2.74. The first kappa shape index (κ1) is 21.5. The molecule has 1 amide bonds. The zero-order chi connectivity index (χ0) is 20.6. The van der Waals surface area contributed by atoms with Crippen molar-refractivity contribution in [3.63, 3.8) is 0 Å². The number of aliphatic carboxylic acids is 1. The minimum atomic E-state index is -0.874. The average molecular weight is 405 g/mol. The molecule has 0 aromatic carbocycles. The van der Waals surface area contributed by atoms with Gasteiger partial charge in [-0.1, -0.05) is 6.07 Å². The van der Waals surface area contributed by atoms with Gasteiger partial charge in [0, 0.05) is 31.8 Å². The molecule has 0 bridgehead atoms. The molecule has 1 aromatic rings. The maximum absolute atomic E-state index is 12.4. The molecule has 0 spiro atoms. The number of rotatable bonds is 9. The number of amides is 1. The molecule has 160 valence electrons. The molecule has 2 aliphatic rings. The number of hydrogen-bond acceptors (Lipinski definition) is 6. The number of carbonyl (C=O) groups excluding carboxylic acids is 1. The fourth-order valence-electron chi connectivity index (χ4n) is 4.10. The first-order chi connectivity index (χ1) is 14.1. The molecule has 3 rings (SSSR count). The molecule has 1 fully saturated rings. The van der Waals surface area contributed by atoms with E-state index in [0.29, 0.717) is 32.5 Å². The maximum Gasteiger partial charge on any atom is 0.323 e.